The minimum absolute atomic E-state index is 0.0154. The number of nitrogens with one attached hydrogen (secondary N) is 1. The van der Waals surface area contributed by atoms with Crippen molar-refractivity contribution in [1.29, 1.82) is 10.5 Å². The molecule has 0 aliphatic carbocycles. The van der Waals surface area contributed by atoms with Crippen LogP contribution in [0.3, 0.4) is 0 Å². The molecule has 1 aliphatic heterocycles. The predicted octanol–water partition coefficient (Wildman–Crippen LogP) is 2.77. The second kappa shape index (κ2) is 9.07. The Bertz CT molecular complexity index is 820. The first-order valence-corrected chi connectivity index (χ1v) is 9.20. The Morgan fingerprint density at radius 2 is 2.08 bits per heavy atom. The number of esters is 1. The number of benzene rings is 1. The summed E-state index contributed by atoms with van der Waals surface area (Å²) < 4.78 is 5.02. The highest BCUT2D eigenvalue weighted by Crippen LogP contribution is 2.40. The Balaban J connectivity index is 2.38. The van der Waals surface area contributed by atoms with Crippen molar-refractivity contribution >= 4 is 23.6 Å². The second-order valence-corrected chi connectivity index (χ2v) is 6.78. The average molecular weight is 369 g/mol. The third kappa shape index (κ3) is 4.25. The quantitative estimate of drug-likeness (QED) is 0.774. The lowest BCUT2D eigenvalue weighted by Gasteiger charge is -2.29. The van der Waals surface area contributed by atoms with Crippen LogP contribution in [0.25, 0.3) is 0 Å². The molecule has 0 saturated heterocycles. The van der Waals surface area contributed by atoms with Gasteiger partial charge in [0.1, 0.15) is 5.92 Å². The number of rotatable bonds is 6. The Hall–Kier alpha value is -2.77. The lowest BCUT2D eigenvalue weighted by molar-refractivity contribution is -0.140. The molecule has 1 aromatic carbocycles. The number of thioether (sulfide) groups is 1. The van der Waals surface area contributed by atoms with E-state index in [9.17, 15) is 20.1 Å². The van der Waals surface area contributed by atoms with Crippen molar-refractivity contribution in [2.45, 2.75) is 26.2 Å². The van der Waals surface area contributed by atoms with Gasteiger partial charge >= 0.3 is 5.97 Å². The number of carbonyl (C=O) groups excluding carboxylic acids is 2. The van der Waals surface area contributed by atoms with Crippen molar-refractivity contribution in [3.05, 3.63) is 46.0 Å². The summed E-state index contributed by atoms with van der Waals surface area (Å²) in [7, 11) is 0. The molecule has 6 nitrogen and oxygen atoms in total. The van der Waals surface area contributed by atoms with E-state index in [1.54, 1.807) is 0 Å². The fourth-order valence-electron chi connectivity index (χ4n) is 2.74. The number of hydrogen-bond acceptors (Lipinski definition) is 6. The molecule has 0 saturated carbocycles. The van der Waals surface area contributed by atoms with E-state index in [1.165, 1.54) is 0 Å². The van der Waals surface area contributed by atoms with Crippen LogP contribution in [0.5, 0.6) is 0 Å². The number of allylic oxidation sites excluding steroid dienone is 1. The zero-order valence-corrected chi connectivity index (χ0v) is 15.4. The lowest BCUT2D eigenvalue weighted by atomic mass is 9.78. The van der Waals surface area contributed by atoms with Gasteiger partial charge in [0, 0.05) is 5.92 Å². The van der Waals surface area contributed by atoms with Crippen molar-refractivity contribution in [2.75, 3.05) is 12.4 Å². The summed E-state index contributed by atoms with van der Waals surface area (Å²) >= 11 is 1.05. The van der Waals surface area contributed by atoms with Crippen LogP contribution in [0, 0.1) is 35.5 Å². The van der Waals surface area contributed by atoms with E-state index >= 15 is 0 Å². The van der Waals surface area contributed by atoms with Crippen LogP contribution in [-0.2, 0) is 14.3 Å². The molecular weight excluding hydrogens is 350 g/mol. The highest BCUT2D eigenvalue weighted by Gasteiger charge is 2.40. The Morgan fingerprint density at radius 1 is 1.35 bits per heavy atom. The molecule has 134 valence electrons. The number of aryl methyl sites for hydroxylation is 1. The molecule has 1 heterocycles. The van der Waals surface area contributed by atoms with Gasteiger partial charge in [-0.15, -0.1) is 0 Å². The molecule has 0 unspecified atom stereocenters. The van der Waals surface area contributed by atoms with Crippen LogP contribution < -0.4 is 5.32 Å². The number of nitriles is 2. The van der Waals surface area contributed by atoms with E-state index in [2.05, 4.69) is 11.4 Å². The topological polar surface area (TPSA) is 103 Å². The van der Waals surface area contributed by atoms with Gasteiger partial charge in [-0.05, 0) is 24.5 Å². The van der Waals surface area contributed by atoms with Gasteiger partial charge in [0.2, 0.25) is 5.91 Å². The summed E-state index contributed by atoms with van der Waals surface area (Å²) in [5.41, 5.74) is 1.95. The maximum absolute atomic E-state index is 12.4. The Labute approximate surface area is 156 Å². The molecule has 0 aromatic heterocycles. The summed E-state index contributed by atoms with van der Waals surface area (Å²) in [5.74, 6) is -2.55. The van der Waals surface area contributed by atoms with Crippen LogP contribution in [0.15, 0.2) is 34.9 Å². The molecule has 1 N–H and O–H groups in total. The first-order valence-electron chi connectivity index (χ1n) is 8.22. The molecule has 0 spiro atoms. The van der Waals surface area contributed by atoms with Gasteiger partial charge in [0.25, 0.3) is 0 Å². The SMILES string of the molecule is CCCOC(=O)CSC1=C(C#N)[C@@H](c2ccccc2C)[C@@H](C#N)C(=O)N1. The predicted molar refractivity (Wildman–Crippen MR) is 97.5 cm³/mol. The molecule has 2 atom stereocenters. The van der Waals surface area contributed by atoms with E-state index in [1.807, 2.05) is 44.2 Å². The van der Waals surface area contributed by atoms with E-state index in [4.69, 9.17) is 4.74 Å². The fourth-order valence-corrected chi connectivity index (χ4v) is 3.59. The molecule has 0 fully saturated rings. The van der Waals surface area contributed by atoms with Gasteiger partial charge in [-0.2, -0.15) is 10.5 Å². The normalized spacial score (nSPS) is 19.3. The third-order valence-electron chi connectivity index (χ3n) is 3.99. The fraction of sp³-hybridized carbons (Fsp3) is 0.368. The highest BCUT2D eigenvalue weighted by molar-refractivity contribution is 8.03. The summed E-state index contributed by atoms with van der Waals surface area (Å²) in [5, 5.41) is 22.1. The molecule has 1 amide bonds. The largest absolute Gasteiger partial charge is 0.465 e. The van der Waals surface area contributed by atoms with Crippen molar-refractivity contribution in [3.63, 3.8) is 0 Å². The summed E-state index contributed by atoms with van der Waals surface area (Å²) in [6.45, 7) is 4.10. The molecule has 26 heavy (non-hydrogen) atoms. The molecule has 0 radical (unpaired) electrons. The molecule has 2 rings (SSSR count). The molecule has 1 aliphatic rings. The van der Waals surface area contributed by atoms with Crippen molar-refractivity contribution < 1.29 is 14.3 Å². The van der Waals surface area contributed by atoms with Gasteiger partial charge in [0.15, 0.2) is 0 Å². The number of amides is 1. The van der Waals surface area contributed by atoms with Crippen molar-refractivity contribution in [3.8, 4) is 12.1 Å². The molecule has 0 bridgehead atoms. The third-order valence-corrected chi connectivity index (χ3v) is 4.98. The van der Waals surface area contributed by atoms with Crippen LogP contribution >= 0.6 is 11.8 Å². The lowest BCUT2D eigenvalue weighted by Crippen LogP contribution is -2.39. The first kappa shape index (κ1) is 19.6. The van der Waals surface area contributed by atoms with Crippen LogP contribution in [-0.4, -0.2) is 24.2 Å². The summed E-state index contributed by atoms with van der Waals surface area (Å²) in [4.78, 5) is 24.1. The van der Waals surface area contributed by atoms with E-state index in [-0.39, 0.29) is 5.75 Å². The Morgan fingerprint density at radius 3 is 2.69 bits per heavy atom. The van der Waals surface area contributed by atoms with E-state index < -0.39 is 23.7 Å². The van der Waals surface area contributed by atoms with E-state index in [0.29, 0.717) is 17.2 Å². The monoisotopic (exact) mass is 369 g/mol. The average Bonchev–Trinajstić information content (AvgIpc) is 2.64. The zero-order chi connectivity index (χ0) is 19.1. The molecule has 7 heteroatoms. The van der Waals surface area contributed by atoms with Gasteiger partial charge in [-0.1, -0.05) is 43.0 Å². The van der Waals surface area contributed by atoms with Gasteiger partial charge in [0.05, 0.1) is 35.1 Å². The van der Waals surface area contributed by atoms with Crippen LogP contribution in [0.2, 0.25) is 0 Å². The van der Waals surface area contributed by atoms with Crippen LogP contribution in [0.1, 0.15) is 30.4 Å². The number of carbonyl (C=O) groups is 2. The van der Waals surface area contributed by atoms with Crippen LogP contribution in [0.4, 0.5) is 0 Å². The van der Waals surface area contributed by atoms with Crippen molar-refractivity contribution in [2.24, 2.45) is 5.92 Å². The minimum atomic E-state index is -0.998. The summed E-state index contributed by atoms with van der Waals surface area (Å²) in [6.07, 6.45) is 0.721. The standard InChI is InChI=1S/C19H19N3O3S/c1-3-8-25-16(23)11-26-19-15(10-21)17(14(9-20)18(24)22-19)13-7-5-4-6-12(13)2/h4-7,14,17H,3,8,11H2,1-2H3,(H,22,24)/t14-,17+/m1/s1. The van der Waals surface area contributed by atoms with Gasteiger partial charge in [-0.3, -0.25) is 9.59 Å². The first-order chi connectivity index (χ1) is 12.5. The summed E-state index contributed by atoms with van der Waals surface area (Å²) in [6, 6.07) is 11.5. The van der Waals surface area contributed by atoms with Crippen molar-refractivity contribution in [1.82, 2.24) is 5.32 Å². The van der Waals surface area contributed by atoms with Gasteiger partial charge < -0.3 is 10.1 Å². The minimum Gasteiger partial charge on any atom is -0.465 e. The number of hydrogen-bond donors (Lipinski definition) is 1. The highest BCUT2D eigenvalue weighted by atomic mass is 32.2. The second-order valence-electron chi connectivity index (χ2n) is 5.79. The Kier molecular flexibility index (Phi) is 6.82. The number of ether oxygens (including phenoxy) is 1. The number of nitrogens with zero attached hydrogens (tertiary/aromatic N) is 2. The van der Waals surface area contributed by atoms with E-state index in [0.717, 1.165) is 29.3 Å². The molecule has 1 aromatic rings. The van der Waals surface area contributed by atoms with Gasteiger partial charge in [-0.25, -0.2) is 0 Å². The maximum Gasteiger partial charge on any atom is 0.316 e. The maximum atomic E-state index is 12.4. The smallest absolute Gasteiger partial charge is 0.316 e. The molecular formula is C19H19N3O3S. The zero-order valence-electron chi connectivity index (χ0n) is 14.6.